The number of nitrogens with zero attached hydrogens (tertiary/aromatic N) is 1. The third kappa shape index (κ3) is 7.16. The highest BCUT2D eigenvalue weighted by atomic mass is 35.5. The first-order valence-electron chi connectivity index (χ1n) is 8.86. The Hall–Kier alpha value is -2.41. The van der Waals surface area contributed by atoms with Crippen LogP contribution in [0.25, 0.3) is 0 Å². The topological polar surface area (TPSA) is 38.8 Å². The minimum absolute atomic E-state index is 0.111. The Labute approximate surface area is 173 Å². The molecule has 158 valence electrons. The van der Waals surface area contributed by atoms with Crippen LogP contribution in [-0.4, -0.2) is 23.6 Å². The Balaban J connectivity index is 2.01. The van der Waals surface area contributed by atoms with E-state index in [1.165, 1.54) is 11.0 Å². The molecule has 2 aromatic carbocycles. The van der Waals surface area contributed by atoms with Crippen molar-refractivity contribution in [3.8, 4) is 5.75 Å². The van der Waals surface area contributed by atoms with E-state index < -0.39 is 23.4 Å². The molecule has 0 spiro atoms. The number of hydrogen-bond acceptors (Lipinski definition) is 3. The van der Waals surface area contributed by atoms with E-state index in [4.69, 9.17) is 21.1 Å². The van der Waals surface area contributed by atoms with Gasteiger partial charge in [0.05, 0.1) is 10.6 Å². The van der Waals surface area contributed by atoms with Crippen LogP contribution >= 0.6 is 11.6 Å². The zero-order chi connectivity index (χ0) is 21.8. The van der Waals surface area contributed by atoms with E-state index in [-0.39, 0.29) is 17.4 Å². The van der Waals surface area contributed by atoms with Gasteiger partial charge in [-0.1, -0.05) is 35.9 Å². The molecule has 0 saturated carbocycles. The van der Waals surface area contributed by atoms with Crippen LogP contribution in [-0.2, 0) is 24.1 Å². The third-order valence-corrected chi connectivity index (χ3v) is 4.07. The fourth-order valence-corrected chi connectivity index (χ4v) is 2.69. The molecule has 0 aliphatic rings. The quantitative estimate of drug-likeness (QED) is 0.559. The molecule has 1 amide bonds. The van der Waals surface area contributed by atoms with E-state index in [0.29, 0.717) is 6.54 Å². The van der Waals surface area contributed by atoms with Gasteiger partial charge >= 0.3 is 12.3 Å². The second-order valence-corrected chi connectivity index (χ2v) is 8.00. The molecule has 0 aromatic heterocycles. The lowest BCUT2D eigenvalue weighted by molar-refractivity contribution is -0.137. The monoisotopic (exact) mass is 429 g/mol. The third-order valence-electron chi connectivity index (χ3n) is 3.77. The molecule has 0 saturated heterocycles. The molecule has 0 N–H and O–H groups in total. The summed E-state index contributed by atoms with van der Waals surface area (Å²) in [7, 11) is 1.64. The number of rotatable bonds is 5. The lowest BCUT2D eigenvalue weighted by Crippen LogP contribution is -2.33. The van der Waals surface area contributed by atoms with Gasteiger partial charge in [-0.3, -0.25) is 0 Å². The zero-order valence-electron chi connectivity index (χ0n) is 16.6. The lowest BCUT2D eigenvalue weighted by atomic mass is 10.1. The van der Waals surface area contributed by atoms with Gasteiger partial charge in [0.2, 0.25) is 0 Å². The standard InChI is InChI=1S/C21H23ClF3NO3/c1-20(2,3)29-19(27)26(4)12-14-6-5-7-15(10-14)13-28-18-9-8-16(11-17(18)22)21(23,24)25/h5-11H,12-13H2,1-4H3. The Morgan fingerprint density at radius 2 is 1.72 bits per heavy atom. The molecule has 8 heteroatoms. The number of benzene rings is 2. The van der Waals surface area contributed by atoms with Crippen molar-refractivity contribution in [3.05, 3.63) is 64.2 Å². The molecular weight excluding hydrogens is 407 g/mol. The minimum Gasteiger partial charge on any atom is -0.487 e. The first-order valence-corrected chi connectivity index (χ1v) is 9.24. The minimum atomic E-state index is -4.46. The molecule has 4 nitrogen and oxygen atoms in total. The Morgan fingerprint density at radius 3 is 2.31 bits per heavy atom. The molecule has 0 atom stereocenters. The molecule has 0 fully saturated rings. The Morgan fingerprint density at radius 1 is 1.07 bits per heavy atom. The van der Waals surface area contributed by atoms with Gasteiger partial charge in [0.15, 0.2) is 0 Å². The maximum Gasteiger partial charge on any atom is 0.416 e. The summed E-state index contributed by atoms with van der Waals surface area (Å²) in [4.78, 5) is 13.5. The second kappa shape index (κ2) is 8.95. The number of hydrogen-bond donors (Lipinski definition) is 0. The maximum atomic E-state index is 12.7. The van der Waals surface area contributed by atoms with Crippen molar-refractivity contribution >= 4 is 17.7 Å². The highest BCUT2D eigenvalue weighted by Gasteiger charge is 2.31. The van der Waals surface area contributed by atoms with Gasteiger partial charge in [-0.2, -0.15) is 13.2 Å². The predicted octanol–water partition coefficient (Wildman–Crippen LogP) is 6.30. The van der Waals surface area contributed by atoms with Gasteiger partial charge in [0.25, 0.3) is 0 Å². The van der Waals surface area contributed by atoms with Gasteiger partial charge in [0, 0.05) is 13.6 Å². The number of carbonyl (C=O) groups excluding carboxylic acids is 1. The van der Waals surface area contributed by atoms with Crippen molar-refractivity contribution in [1.29, 1.82) is 0 Å². The van der Waals surface area contributed by atoms with Crippen LogP contribution in [0.3, 0.4) is 0 Å². The van der Waals surface area contributed by atoms with Crippen molar-refractivity contribution < 1.29 is 27.4 Å². The van der Waals surface area contributed by atoms with Crippen LogP contribution in [0.4, 0.5) is 18.0 Å². The number of amides is 1. The highest BCUT2D eigenvalue weighted by Crippen LogP contribution is 2.35. The molecule has 0 bridgehead atoms. The first-order chi connectivity index (χ1) is 13.3. The van der Waals surface area contributed by atoms with Crippen molar-refractivity contribution in [2.24, 2.45) is 0 Å². The molecule has 2 rings (SSSR count). The van der Waals surface area contributed by atoms with Crippen LogP contribution in [0, 0.1) is 0 Å². The molecule has 0 unspecified atom stereocenters. The van der Waals surface area contributed by atoms with E-state index in [1.54, 1.807) is 27.8 Å². The van der Waals surface area contributed by atoms with Crippen LogP contribution in [0.5, 0.6) is 5.75 Å². The predicted molar refractivity (Wildman–Crippen MR) is 105 cm³/mol. The summed E-state index contributed by atoms with van der Waals surface area (Å²) in [5.41, 5.74) is 0.234. The van der Waals surface area contributed by atoms with Gasteiger partial charge in [0.1, 0.15) is 18.0 Å². The fourth-order valence-electron chi connectivity index (χ4n) is 2.45. The van der Waals surface area contributed by atoms with Gasteiger partial charge in [-0.15, -0.1) is 0 Å². The summed E-state index contributed by atoms with van der Waals surface area (Å²) in [6.45, 7) is 5.84. The zero-order valence-corrected chi connectivity index (χ0v) is 17.4. The number of carbonyl (C=O) groups is 1. The van der Waals surface area contributed by atoms with E-state index >= 15 is 0 Å². The molecular formula is C21H23ClF3NO3. The first kappa shape index (κ1) is 22.9. The largest absolute Gasteiger partial charge is 0.487 e. The second-order valence-electron chi connectivity index (χ2n) is 7.59. The lowest BCUT2D eigenvalue weighted by Gasteiger charge is -2.24. The van der Waals surface area contributed by atoms with Crippen LogP contribution in [0.15, 0.2) is 42.5 Å². The molecule has 0 aliphatic carbocycles. The van der Waals surface area contributed by atoms with E-state index in [0.717, 1.165) is 23.3 Å². The fraction of sp³-hybridized carbons (Fsp3) is 0.381. The SMILES string of the molecule is CN(Cc1cccc(COc2ccc(C(F)(F)F)cc2Cl)c1)C(=O)OC(C)(C)C. The number of alkyl halides is 3. The summed E-state index contributed by atoms with van der Waals surface area (Å²) < 4.78 is 49.0. The smallest absolute Gasteiger partial charge is 0.416 e. The number of ether oxygens (including phenoxy) is 2. The summed E-state index contributed by atoms with van der Waals surface area (Å²) in [5, 5.41) is -0.111. The van der Waals surface area contributed by atoms with Crippen molar-refractivity contribution in [1.82, 2.24) is 4.90 Å². The van der Waals surface area contributed by atoms with Crippen LogP contribution in [0.2, 0.25) is 5.02 Å². The normalized spacial score (nSPS) is 11.9. The van der Waals surface area contributed by atoms with Gasteiger partial charge in [-0.05, 0) is 50.1 Å². The Kier molecular flexibility index (Phi) is 7.06. The highest BCUT2D eigenvalue weighted by molar-refractivity contribution is 6.32. The molecule has 2 aromatic rings. The van der Waals surface area contributed by atoms with Crippen LogP contribution in [0.1, 0.15) is 37.5 Å². The Bertz CT molecular complexity index is 863. The van der Waals surface area contributed by atoms with E-state index in [2.05, 4.69) is 0 Å². The van der Waals surface area contributed by atoms with Gasteiger partial charge in [-0.25, -0.2) is 4.79 Å². The van der Waals surface area contributed by atoms with Crippen molar-refractivity contribution in [3.63, 3.8) is 0 Å². The van der Waals surface area contributed by atoms with Crippen LogP contribution < -0.4 is 4.74 Å². The van der Waals surface area contributed by atoms with E-state index in [9.17, 15) is 18.0 Å². The molecule has 0 radical (unpaired) electrons. The molecule has 0 heterocycles. The van der Waals surface area contributed by atoms with Crippen molar-refractivity contribution in [2.75, 3.05) is 7.05 Å². The molecule has 29 heavy (non-hydrogen) atoms. The summed E-state index contributed by atoms with van der Waals surface area (Å²) in [6.07, 6.45) is -4.90. The average molecular weight is 430 g/mol. The number of halogens is 4. The van der Waals surface area contributed by atoms with E-state index in [1.807, 2.05) is 24.3 Å². The summed E-state index contributed by atoms with van der Waals surface area (Å²) >= 11 is 5.91. The maximum absolute atomic E-state index is 12.7. The van der Waals surface area contributed by atoms with Gasteiger partial charge < -0.3 is 14.4 Å². The molecule has 0 aliphatic heterocycles. The summed E-state index contributed by atoms with van der Waals surface area (Å²) in [5.74, 6) is 0.163. The van der Waals surface area contributed by atoms with Crippen molar-refractivity contribution in [2.45, 2.75) is 45.7 Å². The summed E-state index contributed by atoms with van der Waals surface area (Å²) in [6, 6.07) is 10.3. The average Bonchev–Trinajstić information content (AvgIpc) is 2.58.